The molecule has 0 radical (unpaired) electrons. The van der Waals surface area contributed by atoms with Gasteiger partial charge in [-0.15, -0.1) is 0 Å². The van der Waals surface area contributed by atoms with E-state index in [1.807, 2.05) is 0 Å². The average molecular weight is 263 g/mol. The van der Waals surface area contributed by atoms with E-state index in [2.05, 4.69) is 37.4 Å². The Morgan fingerprint density at radius 2 is 1.79 bits per heavy atom. The van der Waals surface area contributed by atoms with Crippen LogP contribution in [0.15, 0.2) is 18.2 Å². The van der Waals surface area contributed by atoms with Crippen molar-refractivity contribution in [2.75, 3.05) is 26.4 Å². The van der Waals surface area contributed by atoms with Gasteiger partial charge in [-0.05, 0) is 32.3 Å². The molecule has 1 aliphatic heterocycles. The number of nitrogens with one attached hydrogen (secondary N) is 1. The van der Waals surface area contributed by atoms with E-state index in [1.54, 1.807) is 0 Å². The first kappa shape index (κ1) is 14.5. The van der Waals surface area contributed by atoms with E-state index in [4.69, 9.17) is 4.74 Å². The monoisotopic (exact) mass is 263 g/mol. The van der Waals surface area contributed by atoms with Crippen LogP contribution in [0.1, 0.15) is 29.5 Å². The van der Waals surface area contributed by atoms with E-state index in [0.717, 1.165) is 39.1 Å². The molecule has 1 fully saturated rings. The lowest BCUT2D eigenvalue weighted by molar-refractivity contribution is -0.0154. The molecule has 106 valence electrons. The summed E-state index contributed by atoms with van der Waals surface area (Å²) in [5.41, 5.74) is 3.94. The Bertz CT molecular complexity index is 391. The Labute approximate surface area is 116 Å². The molecule has 1 heterocycles. The molecular weight excluding hydrogens is 238 g/mol. The molecule has 0 atom stereocenters. The zero-order chi connectivity index (χ0) is 13.7. The Morgan fingerprint density at radius 3 is 2.37 bits per heavy atom. The van der Waals surface area contributed by atoms with Gasteiger partial charge in [0.25, 0.3) is 0 Å². The summed E-state index contributed by atoms with van der Waals surface area (Å²) in [6, 6.07) is 6.63. The van der Waals surface area contributed by atoms with Gasteiger partial charge >= 0.3 is 0 Å². The molecular formula is C16H25NO2. The van der Waals surface area contributed by atoms with Crippen LogP contribution in [0.5, 0.6) is 0 Å². The van der Waals surface area contributed by atoms with Crippen LogP contribution in [0.3, 0.4) is 0 Å². The molecule has 3 heteroatoms. The lowest BCUT2D eigenvalue weighted by Gasteiger charge is -2.35. The van der Waals surface area contributed by atoms with Crippen molar-refractivity contribution in [3.8, 4) is 0 Å². The molecule has 19 heavy (non-hydrogen) atoms. The number of aliphatic hydroxyl groups excluding tert-OH is 1. The summed E-state index contributed by atoms with van der Waals surface area (Å²) in [7, 11) is 0. The van der Waals surface area contributed by atoms with E-state index in [9.17, 15) is 5.11 Å². The minimum absolute atomic E-state index is 0.0110. The number of hydrogen-bond donors (Lipinski definition) is 2. The Hall–Kier alpha value is -0.900. The third-order valence-corrected chi connectivity index (χ3v) is 4.00. The molecule has 0 unspecified atom stereocenters. The summed E-state index contributed by atoms with van der Waals surface area (Å²) < 4.78 is 5.38. The van der Waals surface area contributed by atoms with Crippen LogP contribution in [-0.2, 0) is 11.3 Å². The fourth-order valence-corrected chi connectivity index (χ4v) is 2.84. The molecule has 1 aromatic carbocycles. The quantitative estimate of drug-likeness (QED) is 0.855. The molecule has 0 aromatic heterocycles. The largest absolute Gasteiger partial charge is 0.396 e. The SMILES string of the molecule is Cc1cc(C)cc(CNCC2(CO)CCOCC2)c1. The molecule has 1 saturated heterocycles. The van der Waals surface area contributed by atoms with Crippen LogP contribution in [-0.4, -0.2) is 31.5 Å². The fourth-order valence-electron chi connectivity index (χ4n) is 2.84. The van der Waals surface area contributed by atoms with Crippen molar-refractivity contribution in [3.05, 3.63) is 34.9 Å². The van der Waals surface area contributed by atoms with Gasteiger partial charge in [-0.2, -0.15) is 0 Å². The van der Waals surface area contributed by atoms with E-state index in [-0.39, 0.29) is 12.0 Å². The topological polar surface area (TPSA) is 41.5 Å². The van der Waals surface area contributed by atoms with Crippen molar-refractivity contribution in [1.82, 2.24) is 5.32 Å². The predicted molar refractivity (Wildman–Crippen MR) is 77.2 cm³/mol. The first-order chi connectivity index (χ1) is 9.13. The predicted octanol–water partition coefficient (Wildman–Crippen LogP) is 2.18. The summed E-state index contributed by atoms with van der Waals surface area (Å²) in [5, 5.41) is 13.1. The van der Waals surface area contributed by atoms with Crippen LogP contribution >= 0.6 is 0 Å². The van der Waals surface area contributed by atoms with Gasteiger partial charge in [0, 0.05) is 31.7 Å². The van der Waals surface area contributed by atoms with E-state index >= 15 is 0 Å². The maximum absolute atomic E-state index is 9.63. The normalized spacial score (nSPS) is 18.5. The zero-order valence-corrected chi connectivity index (χ0v) is 12.0. The molecule has 0 aliphatic carbocycles. The van der Waals surface area contributed by atoms with Crippen LogP contribution < -0.4 is 5.32 Å². The highest BCUT2D eigenvalue weighted by Crippen LogP contribution is 2.29. The van der Waals surface area contributed by atoms with Crippen molar-refractivity contribution in [1.29, 1.82) is 0 Å². The molecule has 1 aromatic rings. The van der Waals surface area contributed by atoms with Gasteiger partial charge < -0.3 is 15.2 Å². The molecule has 0 saturated carbocycles. The van der Waals surface area contributed by atoms with E-state index in [1.165, 1.54) is 16.7 Å². The third-order valence-electron chi connectivity index (χ3n) is 4.00. The third kappa shape index (κ3) is 4.03. The Balaban J connectivity index is 1.88. The lowest BCUT2D eigenvalue weighted by atomic mass is 9.81. The van der Waals surface area contributed by atoms with Crippen LogP contribution in [0.25, 0.3) is 0 Å². The van der Waals surface area contributed by atoms with Crippen molar-refractivity contribution >= 4 is 0 Å². The zero-order valence-electron chi connectivity index (χ0n) is 12.0. The average Bonchev–Trinajstić information content (AvgIpc) is 2.39. The molecule has 2 rings (SSSR count). The Morgan fingerprint density at radius 1 is 1.16 bits per heavy atom. The lowest BCUT2D eigenvalue weighted by Crippen LogP contribution is -2.41. The highest BCUT2D eigenvalue weighted by molar-refractivity contribution is 5.28. The van der Waals surface area contributed by atoms with Gasteiger partial charge in [-0.3, -0.25) is 0 Å². The highest BCUT2D eigenvalue weighted by atomic mass is 16.5. The summed E-state index contributed by atoms with van der Waals surface area (Å²) in [6.45, 7) is 7.77. The number of benzene rings is 1. The van der Waals surface area contributed by atoms with Crippen molar-refractivity contribution in [2.45, 2.75) is 33.2 Å². The van der Waals surface area contributed by atoms with Crippen molar-refractivity contribution in [3.63, 3.8) is 0 Å². The summed E-state index contributed by atoms with van der Waals surface area (Å²) in [4.78, 5) is 0. The number of aliphatic hydroxyl groups is 1. The maximum atomic E-state index is 9.63. The maximum Gasteiger partial charge on any atom is 0.0501 e. The minimum Gasteiger partial charge on any atom is -0.396 e. The van der Waals surface area contributed by atoms with Gasteiger partial charge in [0.05, 0.1) is 6.61 Å². The summed E-state index contributed by atoms with van der Waals surface area (Å²) in [5.74, 6) is 0. The number of ether oxygens (including phenoxy) is 1. The van der Waals surface area contributed by atoms with Crippen LogP contribution in [0, 0.1) is 19.3 Å². The van der Waals surface area contributed by atoms with Gasteiger partial charge in [0.1, 0.15) is 0 Å². The van der Waals surface area contributed by atoms with Gasteiger partial charge in [0.15, 0.2) is 0 Å². The van der Waals surface area contributed by atoms with E-state index < -0.39 is 0 Å². The standard InChI is InChI=1S/C16H25NO2/c1-13-7-14(2)9-15(8-13)10-17-11-16(12-18)3-5-19-6-4-16/h7-9,17-18H,3-6,10-12H2,1-2H3. The van der Waals surface area contributed by atoms with Crippen LogP contribution in [0.4, 0.5) is 0 Å². The van der Waals surface area contributed by atoms with Gasteiger partial charge in [0.2, 0.25) is 0 Å². The molecule has 1 aliphatic rings. The molecule has 0 amide bonds. The van der Waals surface area contributed by atoms with Crippen molar-refractivity contribution in [2.24, 2.45) is 5.41 Å². The number of rotatable bonds is 5. The second-order valence-corrected chi connectivity index (χ2v) is 5.87. The number of hydrogen-bond acceptors (Lipinski definition) is 3. The highest BCUT2D eigenvalue weighted by Gasteiger charge is 2.31. The smallest absolute Gasteiger partial charge is 0.0501 e. The van der Waals surface area contributed by atoms with Gasteiger partial charge in [-0.1, -0.05) is 29.3 Å². The van der Waals surface area contributed by atoms with Crippen molar-refractivity contribution < 1.29 is 9.84 Å². The molecule has 0 bridgehead atoms. The van der Waals surface area contributed by atoms with E-state index in [0.29, 0.717) is 0 Å². The summed E-state index contributed by atoms with van der Waals surface area (Å²) >= 11 is 0. The summed E-state index contributed by atoms with van der Waals surface area (Å²) in [6.07, 6.45) is 1.90. The minimum atomic E-state index is 0.0110. The van der Waals surface area contributed by atoms with Crippen LogP contribution in [0.2, 0.25) is 0 Å². The molecule has 3 nitrogen and oxygen atoms in total. The second kappa shape index (κ2) is 6.51. The molecule has 2 N–H and O–H groups in total. The fraction of sp³-hybridized carbons (Fsp3) is 0.625. The number of aryl methyl sites for hydroxylation is 2. The second-order valence-electron chi connectivity index (χ2n) is 5.87. The Kier molecular flexibility index (Phi) is 4.97. The first-order valence-electron chi connectivity index (χ1n) is 7.10. The first-order valence-corrected chi connectivity index (χ1v) is 7.10. The molecule has 0 spiro atoms. The van der Waals surface area contributed by atoms with Gasteiger partial charge in [-0.25, -0.2) is 0 Å².